The number of Topliss-reactive ketones (excluding diaryl/α,β-unsaturated/α-hetero) is 1. The molecule has 0 amide bonds. The number of ketones is 1. The minimum absolute atomic E-state index is 0.0170. The van der Waals surface area contributed by atoms with Gasteiger partial charge >= 0.3 is 7.82 Å². The van der Waals surface area contributed by atoms with Gasteiger partial charge in [0.2, 0.25) is 0 Å². The number of carbonyl (C=O) groups is 1. The van der Waals surface area contributed by atoms with Crippen LogP contribution in [0.2, 0.25) is 5.02 Å². The largest absolute Gasteiger partial charge is 0.469 e. The van der Waals surface area contributed by atoms with Crippen LogP contribution in [0.15, 0.2) is 52.3 Å². The van der Waals surface area contributed by atoms with Gasteiger partial charge in [0.25, 0.3) is 0 Å². The molecule has 2 aromatic carbocycles. The van der Waals surface area contributed by atoms with Crippen LogP contribution in [0.5, 0.6) is 0 Å². The second-order valence-electron chi connectivity index (χ2n) is 6.86. The van der Waals surface area contributed by atoms with Crippen molar-refractivity contribution in [3.05, 3.63) is 58.6 Å². The zero-order chi connectivity index (χ0) is 20.9. The Labute approximate surface area is 173 Å². The summed E-state index contributed by atoms with van der Waals surface area (Å²) in [5.74, 6) is 0.0170. The van der Waals surface area contributed by atoms with E-state index in [1.807, 2.05) is 36.4 Å². The monoisotopic (exact) mass is 443 g/mol. The van der Waals surface area contributed by atoms with Crippen molar-refractivity contribution in [3.8, 4) is 0 Å². The lowest BCUT2D eigenvalue weighted by Crippen LogP contribution is -2.41. The minimum Gasteiger partial charge on any atom is -0.323 e. The van der Waals surface area contributed by atoms with Crippen molar-refractivity contribution in [2.45, 2.75) is 42.0 Å². The lowest BCUT2D eigenvalue weighted by atomic mass is 9.95. The summed E-state index contributed by atoms with van der Waals surface area (Å²) in [4.78, 5) is 31.0. The Balaban J connectivity index is 2.01. The van der Waals surface area contributed by atoms with Crippen molar-refractivity contribution >= 4 is 37.0 Å². The highest BCUT2D eigenvalue weighted by molar-refractivity contribution is 7.99. The number of nitrogens with two attached hydrogens (primary N) is 1. The SMILES string of the molecule is CC(=O)c1cccc(Sc2ccc(CCC(C)(N)COP(=O)(O)O)c(Cl)c2)c1. The average Bonchev–Trinajstić information content (AvgIpc) is 2.59. The first-order chi connectivity index (χ1) is 13.0. The number of phosphoric ester groups is 1. The second kappa shape index (κ2) is 9.55. The van der Waals surface area contributed by atoms with E-state index in [2.05, 4.69) is 4.52 Å². The number of carbonyl (C=O) groups excluding carboxylic acids is 1. The predicted molar refractivity (Wildman–Crippen MR) is 111 cm³/mol. The van der Waals surface area contributed by atoms with Gasteiger partial charge in [0.15, 0.2) is 5.78 Å². The van der Waals surface area contributed by atoms with E-state index in [-0.39, 0.29) is 12.4 Å². The van der Waals surface area contributed by atoms with Gasteiger partial charge in [-0.1, -0.05) is 41.6 Å². The molecule has 28 heavy (non-hydrogen) atoms. The Bertz CT molecular complexity index is 900. The molecule has 0 aliphatic rings. The van der Waals surface area contributed by atoms with Crippen molar-refractivity contribution < 1.29 is 23.7 Å². The predicted octanol–water partition coefficient (Wildman–Crippen LogP) is 4.45. The topological polar surface area (TPSA) is 110 Å². The molecule has 2 rings (SSSR count). The zero-order valence-electron chi connectivity index (χ0n) is 15.6. The van der Waals surface area contributed by atoms with Gasteiger partial charge in [-0.05, 0) is 56.5 Å². The molecule has 0 aromatic heterocycles. The molecule has 0 bridgehead atoms. The highest BCUT2D eigenvalue weighted by Gasteiger charge is 2.24. The molecule has 2 aromatic rings. The fraction of sp³-hybridized carbons (Fsp3) is 0.316. The minimum atomic E-state index is -4.55. The third-order valence-electron chi connectivity index (χ3n) is 4.03. The van der Waals surface area contributed by atoms with Crippen LogP contribution < -0.4 is 5.73 Å². The quantitative estimate of drug-likeness (QED) is 0.388. The lowest BCUT2D eigenvalue weighted by molar-refractivity contribution is 0.101. The van der Waals surface area contributed by atoms with Crippen LogP contribution in [-0.4, -0.2) is 27.7 Å². The number of hydrogen-bond acceptors (Lipinski definition) is 5. The molecular weight excluding hydrogens is 421 g/mol. The average molecular weight is 444 g/mol. The number of halogens is 1. The van der Waals surface area contributed by atoms with Gasteiger partial charge in [-0.3, -0.25) is 9.32 Å². The normalized spacial score (nSPS) is 13.9. The first kappa shape index (κ1) is 23.1. The fourth-order valence-electron chi connectivity index (χ4n) is 2.43. The van der Waals surface area contributed by atoms with E-state index in [1.54, 1.807) is 13.0 Å². The molecule has 0 fully saturated rings. The maximum atomic E-state index is 11.5. The molecule has 9 heteroatoms. The Morgan fingerprint density at radius 3 is 2.54 bits per heavy atom. The Morgan fingerprint density at radius 1 is 1.25 bits per heavy atom. The molecule has 1 unspecified atom stereocenters. The Hall–Kier alpha value is -1.18. The summed E-state index contributed by atoms with van der Waals surface area (Å²) in [6, 6.07) is 13.1. The van der Waals surface area contributed by atoms with E-state index in [1.165, 1.54) is 18.7 Å². The van der Waals surface area contributed by atoms with Crippen LogP contribution in [0, 0.1) is 0 Å². The molecule has 0 radical (unpaired) electrons. The molecule has 0 spiro atoms. The number of phosphoric acid groups is 1. The van der Waals surface area contributed by atoms with Gasteiger partial charge in [-0.2, -0.15) is 0 Å². The van der Waals surface area contributed by atoms with Gasteiger partial charge in [0.05, 0.1) is 6.61 Å². The zero-order valence-corrected chi connectivity index (χ0v) is 18.1. The van der Waals surface area contributed by atoms with Gasteiger partial charge in [-0.15, -0.1) is 0 Å². The van der Waals surface area contributed by atoms with Crippen molar-refractivity contribution in [2.24, 2.45) is 5.73 Å². The molecule has 152 valence electrons. The maximum Gasteiger partial charge on any atom is 0.469 e. The molecule has 0 saturated carbocycles. The summed E-state index contributed by atoms with van der Waals surface area (Å²) >= 11 is 7.90. The Morgan fingerprint density at radius 2 is 1.93 bits per heavy atom. The number of hydrogen-bond donors (Lipinski definition) is 3. The van der Waals surface area contributed by atoms with Crippen LogP contribution in [-0.2, 0) is 15.5 Å². The van der Waals surface area contributed by atoms with E-state index in [4.69, 9.17) is 27.1 Å². The third kappa shape index (κ3) is 7.68. The number of rotatable bonds is 9. The molecular formula is C19H23ClNO5PS. The summed E-state index contributed by atoms with van der Waals surface area (Å²) < 4.78 is 15.3. The summed E-state index contributed by atoms with van der Waals surface area (Å²) in [5.41, 5.74) is 6.70. The lowest BCUT2D eigenvalue weighted by Gasteiger charge is -2.24. The van der Waals surface area contributed by atoms with Gasteiger partial charge in [0, 0.05) is 25.9 Å². The molecule has 0 heterocycles. The Kier molecular flexibility index (Phi) is 7.88. The maximum absolute atomic E-state index is 11.5. The van der Waals surface area contributed by atoms with E-state index in [9.17, 15) is 9.36 Å². The summed E-state index contributed by atoms with van der Waals surface area (Å²) in [5, 5.41) is 0.583. The van der Waals surface area contributed by atoms with E-state index in [0.717, 1.165) is 15.4 Å². The number of aryl methyl sites for hydroxylation is 1. The van der Waals surface area contributed by atoms with Crippen LogP contribution in [0.3, 0.4) is 0 Å². The second-order valence-corrected chi connectivity index (χ2v) is 9.65. The first-order valence-electron chi connectivity index (χ1n) is 8.51. The van der Waals surface area contributed by atoms with Crippen LogP contribution in [0.1, 0.15) is 36.2 Å². The fourth-order valence-corrected chi connectivity index (χ4v) is 4.15. The van der Waals surface area contributed by atoms with Crippen molar-refractivity contribution in [3.63, 3.8) is 0 Å². The van der Waals surface area contributed by atoms with Gasteiger partial charge < -0.3 is 15.5 Å². The number of benzene rings is 2. The van der Waals surface area contributed by atoms with Crippen LogP contribution in [0.25, 0.3) is 0 Å². The highest BCUT2D eigenvalue weighted by atomic mass is 35.5. The van der Waals surface area contributed by atoms with Gasteiger partial charge in [0.1, 0.15) is 0 Å². The van der Waals surface area contributed by atoms with Crippen molar-refractivity contribution in [1.82, 2.24) is 0 Å². The molecule has 0 saturated heterocycles. The van der Waals surface area contributed by atoms with Crippen molar-refractivity contribution in [1.29, 1.82) is 0 Å². The molecule has 0 aliphatic heterocycles. The van der Waals surface area contributed by atoms with Crippen molar-refractivity contribution in [2.75, 3.05) is 6.61 Å². The van der Waals surface area contributed by atoms with E-state index < -0.39 is 13.4 Å². The molecule has 0 aliphatic carbocycles. The van der Waals surface area contributed by atoms with E-state index in [0.29, 0.717) is 23.4 Å². The summed E-state index contributed by atoms with van der Waals surface area (Å²) in [6.45, 7) is 2.95. The summed E-state index contributed by atoms with van der Waals surface area (Å²) in [6.07, 6.45) is 0.987. The molecule has 4 N–H and O–H groups in total. The molecule has 1 atom stereocenters. The summed E-state index contributed by atoms with van der Waals surface area (Å²) in [7, 11) is -4.55. The van der Waals surface area contributed by atoms with Crippen LogP contribution in [0.4, 0.5) is 0 Å². The highest BCUT2D eigenvalue weighted by Crippen LogP contribution is 2.37. The van der Waals surface area contributed by atoms with E-state index >= 15 is 0 Å². The third-order valence-corrected chi connectivity index (χ3v) is 5.83. The van der Waals surface area contributed by atoms with Crippen LogP contribution >= 0.6 is 31.2 Å². The van der Waals surface area contributed by atoms with Gasteiger partial charge in [-0.25, -0.2) is 4.57 Å². The first-order valence-corrected chi connectivity index (χ1v) is 11.2. The smallest absolute Gasteiger partial charge is 0.323 e. The molecule has 6 nitrogen and oxygen atoms in total. The standard InChI is InChI=1S/C19H23ClNO5PS/c1-13(22)15-4-3-5-16(10-15)28-17-7-6-14(18(20)11-17)8-9-19(2,21)12-26-27(23,24)25/h3-7,10-11H,8-9,12,21H2,1-2H3,(H2,23,24,25).